The van der Waals surface area contributed by atoms with E-state index in [1.54, 1.807) is 12.1 Å². The molecular weight excluding hydrogens is 369 g/mol. The normalized spacial score (nSPS) is 18.7. The lowest BCUT2D eigenvalue weighted by Gasteiger charge is -2.39. The first kappa shape index (κ1) is 19.9. The number of hydrogen-bond acceptors (Lipinski definition) is 3. The van der Waals surface area contributed by atoms with E-state index >= 15 is 0 Å². The van der Waals surface area contributed by atoms with Crippen molar-refractivity contribution in [3.05, 3.63) is 59.4 Å². The van der Waals surface area contributed by atoms with Gasteiger partial charge in [-0.1, -0.05) is 43.5 Å². The Balaban J connectivity index is 1.41. The van der Waals surface area contributed by atoms with Gasteiger partial charge in [0, 0.05) is 25.3 Å². The number of carbonyl (C=O) groups excluding carboxylic acids is 1. The molecule has 1 aliphatic heterocycles. The van der Waals surface area contributed by atoms with Crippen molar-refractivity contribution < 1.29 is 14.3 Å². The molecule has 1 heterocycles. The lowest BCUT2D eigenvalue weighted by molar-refractivity contribution is -0.0291. The number of halogens is 1. The summed E-state index contributed by atoms with van der Waals surface area (Å²) in [7, 11) is 0. The number of benzene rings is 2. The van der Waals surface area contributed by atoms with E-state index in [2.05, 4.69) is 21.6 Å². The fourth-order valence-electron chi connectivity index (χ4n) is 4.54. The molecule has 2 amide bonds. The van der Waals surface area contributed by atoms with E-state index < -0.39 is 17.4 Å². The van der Waals surface area contributed by atoms with Crippen LogP contribution in [-0.2, 0) is 13.0 Å². The zero-order valence-corrected chi connectivity index (χ0v) is 16.6. The second-order valence-electron chi connectivity index (χ2n) is 8.25. The van der Waals surface area contributed by atoms with Gasteiger partial charge in [0.15, 0.2) is 0 Å². The van der Waals surface area contributed by atoms with Crippen LogP contribution in [0.2, 0.25) is 0 Å². The number of hydrogen-bond donors (Lipinski definition) is 3. The molecule has 0 atom stereocenters. The van der Waals surface area contributed by atoms with Gasteiger partial charge in [0.1, 0.15) is 5.82 Å². The number of rotatable bonds is 4. The molecule has 29 heavy (non-hydrogen) atoms. The number of amides is 2. The minimum absolute atomic E-state index is 0.154. The molecule has 0 bridgehead atoms. The van der Waals surface area contributed by atoms with Crippen LogP contribution >= 0.6 is 0 Å². The molecule has 6 heteroatoms. The molecule has 2 aromatic carbocycles. The van der Waals surface area contributed by atoms with Crippen molar-refractivity contribution in [1.29, 1.82) is 0 Å². The SMILES string of the molecule is O=C(Nc1ccccc1F)Nc1cccc2c1CCN(CC1(O)CCCCC1)C2. The van der Waals surface area contributed by atoms with Gasteiger partial charge in [-0.2, -0.15) is 0 Å². The van der Waals surface area contributed by atoms with Gasteiger partial charge >= 0.3 is 6.03 Å². The Morgan fingerprint density at radius 2 is 1.76 bits per heavy atom. The molecule has 3 N–H and O–H groups in total. The molecule has 0 unspecified atom stereocenters. The highest BCUT2D eigenvalue weighted by molar-refractivity contribution is 6.00. The van der Waals surface area contributed by atoms with Crippen LogP contribution in [0.5, 0.6) is 0 Å². The van der Waals surface area contributed by atoms with Crippen molar-refractivity contribution in [2.45, 2.75) is 50.7 Å². The standard InChI is InChI=1S/C23H28FN3O2/c24-19-8-2-3-9-21(19)26-22(28)25-20-10-6-7-17-15-27(14-11-18(17)20)16-23(29)12-4-1-5-13-23/h2-3,6-10,29H,1,4-5,11-16H2,(H2,25,26,28). The van der Waals surface area contributed by atoms with E-state index in [0.717, 1.165) is 56.4 Å². The first-order chi connectivity index (χ1) is 14.0. The van der Waals surface area contributed by atoms with Crippen LogP contribution in [0.25, 0.3) is 0 Å². The van der Waals surface area contributed by atoms with Crippen LogP contribution in [0.1, 0.15) is 43.2 Å². The summed E-state index contributed by atoms with van der Waals surface area (Å²) in [5, 5.41) is 16.3. The molecule has 1 fully saturated rings. The minimum Gasteiger partial charge on any atom is -0.389 e. The van der Waals surface area contributed by atoms with Crippen molar-refractivity contribution in [2.75, 3.05) is 23.7 Å². The maximum Gasteiger partial charge on any atom is 0.323 e. The van der Waals surface area contributed by atoms with E-state index in [4.69, 9.17) is 0 Å². The monoisotopic (exact) mass is 397 g/mol. The average Bonchev–Trinajstić information content (AvgIpc) is 2.70. The Labute approximate surface area is 170 Å². The summed E-state index contributed by atoms with van der Waals surface area (Å²) in [5.74, 6) is -0.464. The summed E-state index contributed by atoms with van der Waals surface area (Å²) < 4.78 is 13.8. The molecule has 0 radical (unpaired) electrons. The fourth-order valence-corrected chi connectivity index (χ4v) is 4.54. The Kier molecular flexibility index (Phi) is 5.83. The number of urea groups is 1. The molecule has 2 aromatic rings. The Hall–Kier alpha value is -2.44. The summed E-state index contributed by atoms with van der Waals surface area (Å²) in [4.78, 5) is 14.7. The Bertz CT molecular complexity index is 880. The number of nitrogens with one attached hydrogen (secondary N) is 2. The molecule has 0 aromatic heterocycles. The number of nitrogens with zero attached hydrogens (tertiary/aromatic N) is 1. The largest absolute Gasteiger partial charge is 0.389 e. The summed E-state index contributed by atoms with van der Waals surface area (Å²) in [6.07, 6.45) is 6.00. The summed E-state index contributed by atoms with van der Waals surface area (Å²) in [6, 6.07) is 11.5. The van der Waals surface area contributed by atoms with Gasteiger partial charge in [0.25, 0.3) is 0 Å². The van der Waals surface area contributed by atoms with Crippen LogP contribution in [0, 0.1) is 5.82 Å². The van der Waals surface area contributed by atoms with Gasteiger partial charge in [-0.25, -0.2) is 9.18 Å². The molecule has 1 aliphatic carbocycles. The van der Waals surface area contributed by atoms with Crippen LogP contribution in [-0.4, -0.2) is 34.7 Å². The molecule has 5 nitrogen and oxygen atoms in total. The number of anilines is 2. The maximum absolute atomic E-state index is 13.8. The van der Waals surface area contributed by atoms with E-state index in [9.17, 15) is 14.3 Å². The second kappa shape index (κ2) is 8.51. The van der Waals surface area contributed by atoms with Crippen LogP contribution in [0.3, 0.4) is 0 Å². The average molecular weight is 397 g/mol. The summed E-state index contributed by atoms with van der Waals surface area (Å²) in [6.45, 7) is 2.32. The zero-order valence-electron chi connectivity index (χ0n) is 16.6. The molecule has 1 saturated carbocycles. The number of carbonyl (C=O) groups is 1. The molecule has 0 saturated heterocycles. The predicted octanol–water partition coefficient (Wildman–Crippen LogP) is 4.52. The summed E-state index contributed by atoms with van der Waals surface area (Å²) in [5.41, 5.74) is 2.63. The number of para-hydroxylation sites is 1. The highest BCUT2D eigenvalue weighted by Crippen LogP contribution is 2.32. The molecule has 154 valence electrons. The molecule has 0 spiro atoms. The van der Waals surface area contributed by atoms with E-state index in [1.807, 2.05) is 12.1 Å². The zero-order chi connectivity index (χ0) is 20.3. The van der Waals surface area contributed by atoms with Crippen LogP contribution < -0.4 is 10.6 Å². The molecular formula is C23H28FN3O2. The van der Waals surface area contributed by atoms with Crippen LogP contribution in [0.4, 0.5) is 20.6 Å². The third-order valence-electron chi connectivity index (χ3n) is 6.02. The first-order valence-corrected chi connectivity index (χ1v) is 10.4. The predicted molar refractivity (Wildman–Crippen MR) is 112 cm³/mol. The van der Waals surface area contributed by atoms with Gasteiger partial charge < -0.3 is 15.7 Å². The van der Waals surface area contributed by atoms with Gasteiger partial charge in [-0.05, 0) is 48.6 Å². The minimum atomic E-state index is -0.564. The van der Waals surface area contributed by atoms with Gasteiger partial charge in [-0.15, -0.1) is 0 Å². The number of fused-ring (bicyclic) bond motifs is 1. The smallest absolute Gasteiger partial charge is 0.323 e. The summed E-state index contributed by atoms with van der Waals surface area (Å²) >= 11 is 0. The molecule has 2 aliphatic rings. The van der Waals surface area contributed by atoms with Crippen molar-refractivity contribution in [3.63, 3.8) is 0 Å². The molecule has 4 rings (SSSR count). The van der Waals surface area contributed by atoms with Crippen molar-refractivity contribution in [3.8, 4) is 0 Å². The first-order valence-electron chi connectivity index (χ1n) is 10.4. The van der Waals surface area contributed by atoms with Crippen molar-refractivity contribution in [2.24, 2.45) is 0 Å². The van der Waals surface area contributed by atoms with Crippen molar-refractivity contribution in [1.82, 2.24) is 4.90 Å². The third kappa shape index (κ3) is 4.77. The number of aliphatic hydroxyl groups is 1. The van der Waals surface area contributed by atoms with Gasteiger partial charge in [0.2, 0.25) is 0 Å². The Morgan fingerprint density at radius 3 is 2.55 bits per heavy atom. The second-order valence-corrected chi connectivity index (χ2v) is 8.25. The lowest BCUT2D eigenvalue weighted by Crippen LogP contribution is -2.46. The lowest BCUT2D eigenvalue weighted by atomic mass is 9.84. The third-order valence-corrected chi connectivity index (χ3v) is 6.02. The van der Waals surface area contributed by atoms with Gasteiger partial charge in [-0.3, -0.25) is 4.90 Å². The van der Waals surface area contributed by atoms with E-state index in [0.29, 0.717) is 6.54 Å². The van der Waals surface area contributed by atoms with E-state index in [-0.39, 0.29) is 5.69 Å². The highest BCUT2D eigenvalue weighted by Gasteiger charge is 2.32. The Morgan fingerprint density at radius 1 is 1.03 bits per heavy atom. The topological polar surface area (TPSA) is 64.6 Å². The maximum atomic E-state index is 13.8. The highest BCUT2D eigenvalue weighted by atomic mass is 19.1. The fraction of sp³-hybridized carbons (Fsp3) is 0.435. The number of β-amino-alcohol motifs (C(OH)–C–C–N with tert-alkyl or cyclic N) is 1. The van der Waals surface area contributed by atoms with Crippen molar-refractivity contribution >= 4 is 17.4 Å². The van der Waals surface area contributed by atoms with E-state index in [1.165, 1.54) is 24.1 Å². The van der Waals surface area contributed by atoms with Crippen LogP contribution in [0.15, 0.2) is 42.5 Å². The van der Waals surface area contributed by atoms with Gasteiger partial charge in [0.05, 0.1) is 11.3 Å². The quantitative estimate of drug-likeness (QED) is 0.711.